The zero-order chi connectivity index (χ0) is 48.8. The molecular weight excluding hydrogens is 801 g/mol. The predicted octanol–water partition coefficient (Wildman–Crippen LogP) is 3.80. The number of carbonyl (C=O) groups is 7. The third-order valence-electron chi connectivity index (χ3n) is 11.9. The molecule has 0 spiro atoms. The molecule has 0 heterocycles. The van der Waals surface area contributed by atoms with Gasteiger partial charge in [-0.2, -0.15) is 0 Å². The molecular formula is C48H84N8O7. The van der Waals surface area contributed by atoms with E-state index in [-0.39, 0.29) is 41.4 Å². The van der Waals surface area contributed by atoms with Crippen LogP contribution in [-0.2, 0) is 40.0 Å². The first-order valence-corrected chi connectivity index (χ1v) is 22.8. The first kappa shape index (κ1) is 56.5. The Morgan fingerprint density at radius 2 is 0.762 bits per heavy atom. The van der Waals surface area contributed by atoms with Crippen LogP contribution in [0.15, 0.2) is 30.3 Å². The quantitative estimate of drug-likeness (QED) is 0.121. The van der Waals surface area contributed by atoms with E-state index in [2.05, 4.69) is 21.3 Å². The Hall–Kier alpha value is -4.53. The summed E-state index contributed by atoms with van der Waals surface area (Å²) < 4.78 is 0. The molecule has 1 aromatic carbocycles. The summed E-state index contributed by atoms with van der Waals surface area (Å²) in [5.41, 5.74) is 1.08. The van der Waals surface area contributed by atoms with Crippen molar-refractivity contribution in [2.45, 2.75) is 146 Å². The van der Waals surface area contributed by atoms with Crippen LogP contribution in [0.4, 0.5) is 0 Å². The Balaban J connectivity index is 3.39. The maximum atomic E-state index is 14.5. The second-order valence-corrected chi connectivity index (χ2v) is 19.5. The highest BCUT2D eigenvalue weighted by Gasteiger charge is 2.43. The van der Waals surface area contributed by atoms with Crippen molar-refractivity contribution in [1.29, 1.82) is 0 Å². The van der Waals surface area contributed by atoms with Crippen LogP contribution >= 0.6 is 0 Å². The minimum Gasteiger partial charge on any atom is -0.354 e. The van der Waals surface area contributed by atoms with E-state index in [4.69, 9.17) is 0 Å². The lowest BCUT2D eigenvalue weighted by Crippen LogP contribution is -2.63. The molecule has 4 N–H and O–H groups in total. The predicted molar refractivity (Wildman–Crippen MR) is 250 cm³/mol. The molecule has 1 rings (SSSR count). The van der Waals surface area contributed by atoms with Gasteiger partial charge in [0.05, 0.1) is 6.04 Å². The average molecular weight is 885 g/mol. The van der Waals surface area contributed by atoms with Gasteiger partial charge < -0.3 is 40.9 Å². The number of hydrogen-bond donors (Lipinski definition) is 4. The summed E-state index contributed by atoms with van der Waals surface area (Å²) in [4.78, 5) is 104. The Bertz CT molecular complexity index is 1660. The van der Waals surface area contributed by atoms with Gasteiger partial charge in [-0.25, -0.2) is 0 Å². The van der Waals surface area contributed by atoms with Crippen LogP contribution in [0, 0.1) is 41.4 Å². The maximum absolute atomic E-state index is 14.5. The number of nitrogens with zero attached hydrogens (tertiary/aromatic N) is 4. The van der Waals surface area contributed by atoms with Crippen molar-refractivity contribution >= 4 is 41.4 Å². The van der Waals surface area contributed by atoms with E-state index < -0.39 is 83.7 Å². The molecule has 358 valence electrons. The van der Waals surface area contributed by atoms with E-state index in [1.165, 1.54) is 40.7 Å². The maximum Gasteiger partial charge on any atom is 0.246 e. The van der Waals surface area contributed by atoms with Crippen LogP contribution in [0.25, 0.3) is 0 Å². The van der Waals surface area contributed by atoms with Gasteiger partial charge in [-0.1, -0.05) is 127 Å². The van der Waals surface area contributed by atoms with Crippen LogP contribution < -0.4 is 21.3 Å². The average Bonchev–Trinajstić information content (AvgIpc) is 3.18. The van der Waals surface area contributed by atoms with E-state index in [1.807, 2.05) is 99.6 Å². The van der Waals surface area contributed by atoms with Crippen LogP contribution in [0.5, 0.6) is 0 Å². The third kappa shape index (κ3) is 15.3. The van der Waals surface area contributed by atoms with Crippen LogP contribution in [0.1, 0.15) is 102 Å². The highest BCUT2D eigenvalue weighted by molar-refractivity contribution is 5.97. The van der Waals surface area contributed by atoms with Gasteiger partial charge in [0.1, 0.15) is 36.3 Å². The van der Waals surface area contributed by atoms with Crippen molar-refractivity contribution in [2.75, 3.05) is 41.8 Å². The molecule has 0 radical (unpaired) electrons. The molecule has 0 aliphatic carbocycles. The SMILES string of the molecule is CN[C@H](C(=O)N[C@H](C(=O)N(C)[C@H](C(=O)N(C)[C@H](C(=O)N[C@H](C(=O)N(C)[C@H](C(=O)N(C)[C@H](C(=O)NCCc1ccccc1)C(C)C)C(C)C)C(C)C)C(C)C)C(C)C)C(C)C)C(C)C. The minimum absolute atomic E-state index is 0.0296. The highest BCUT2D eigenvalue weighted by Crippen LogP contribution is 2.23. The zero-order valence-corrected chi connectivity index (χ0v) is 42.0. The Kier molecular flexibility index (Phi) is 23.0. The van der Waals surface area contributed by atoms with Crippen molar-refractivity contribution in [3.8, 4) is 0 Å². The monoisotopic (exact) mass is 885 g/mol. The lowest BCUT2D eigenvalue weighted by molar-refractivity contribution is -0.153. The second-order valence-electron chi connectivity index (χ2n) is 19.5. The summed E-state index contributed by atoms with van der Waals surface area (Å²) in [5, 5.41) is 11.8. The standard InChI is InChI=1S/C48H84N8O7/c1-27(2)35(49-15)42(57)51-36(28(3)4)45(60)55(18)41(33(13)14)48(63)54(17)39(31(9)10)44(59)52-37(29(5)6)46(61)56(19)40(32(11)12)47(62)53(16)38(30(7)8)43(58)50-26-25-34-23-21-20-22-24-34/h20-24,27-33,35-41,49H,25-26H2,1-19H3,(H,50,58)(H,51,57)(H,52,59)/t35-,36-,37-,38-,39-,40-,41-/m0/s1. The van der Waals surface area contributed by atoms with Gasteiger partial charge in [0, 0.05) is 34.7 Å². The number of amides is 7. The largest absolute Gasteiger partial charge is 0.354 e. The summed E-state index contributed by atoms with van der Waals surface area (Å²) >= 11 is 0. The summed E-state index contributed by atoms with van der Waals surface area (Å²) in [6.07, 6.45) is 0.635. The van der Waals surface area contributed by atoms with E-state index in [0.29, 0.717) is 13.0 Å². The molecule has 0 saturated heterocycles. The lowest BCUT2D eigenvalue weighted by Gasteiger charge is -2.40. The number of nitrogens with one attached hydrogen (secondary N) is 4. The highest BCUT2D eigenvalue weighted by atomic mass is 16.2. The molecule has 0 saturated carbocycles. The normalized spacial score (nSPS) is 15.1. The van der Waals surface area contributed by atoms with Crippen LogP contribution in [0.2, 0.25) is 0 Å². The topological polar surface area (TPSA) is 181 Å². The fourth-order valence-corrected chi connectivity index (χ4v) is 8.41. The van der Waals surface area contributed by atoms with Gasteiger partial charge in [0.25, 0.3) is 0 Å². The molecule has 0 aliphatic heterocycles. The van der Waals surface area contributed by atoms with E-state index >= 15 is 0 Å². The summed E-state index contributed by atoms with van der Waals surface area (Å²) in [5.74, 6) is -5.05. The fraction of sp³-hybridized carbons (Fsp3) is 0.729. The third-order valence-corrected chi connectivity index (χ3v) is 11.9. The number of benzene rings is 1. The molecule has 0 aromatic heterocycles. The Morgan fingerprint density at radius 1 is 0.429 bits per heavy atom. The molecule has 0 aliphatic rings. The molecule has 15 nitrogen and oxygen atoms in total. The lowest BCUT2D eigenvalue weighted by atomic mass is 9.94. The molecule has 7 atom stereocenters. The van der Waals surface area contributed by atoms with Gasteiger partial charge in [0.2, 0.25) is 41.4 Å². The molecule has 0 bridgehead atoms. The van der Waals surface area contributed by atoms with Gasteiger partial charge in [-0.05, 0) is 60.5 Å². The Morgan fingerprint density at radius 3 is 1.10 bits per heavy atom. The van der Waals surface area contributed by atoms with Gasteiger partial charge in [-0.15, -0.1) is 0 Å². The smallest absolute Gasteiger partial charge is 0.246 e. The molecule has 0 unspecified atom stereocenters. The van der Waals surface area contributed by atoms with Gasteiger partial charge in [0.15, 0.2) is 0 Å². The molecule has 63 heavy (non-hydrogen) atoms. The number of hydrogen-bond acceptors (Lipinski definition) is 8. The number of rotatable bonds is 24. The zero-order valence-electron chi connectivity index (χ0n) is 42.0. The fourth-order valence-electron chi connectivity index (χ4n) is 8.41. The number of likely N-dealkylation sites (N-methyl/N-ethyl adjacent to an activating group) is 5. The van der Waals surface area contributed by atoms with Crippen molar-refractivity contribution < 1.29 is 33.6 Å². The van der Waals surface area contributed by atoms with Crippen LogP contribution in [-0.4, -0.2) is 145 Å². The van der Waals surface area contributed by atoms with Gasteiger partial charge >= 0.3 is 0 Å². The molecule has 1 aromatic rings. The summed E-state index contributed by atoms with van der Waals surface area (Å²) in [7, 11) is 7.87. The van der Waals surface area contributed by atoms with E-state index in [0.717, 1.165) is 5.56 Å². The number of carbonyl (C=O) groups excluding carboxylic acids is 7. The van der Waals surface area contributed by atoms with Crippen molar-refractivity contribution in [3.05, 3.63) is 35.9 Å². The molecule has 15 heteroatoms. The summed E-state index contributed by atoms with van der Waals surface area (Å²) in [6.45, 7) is 26.1. The van der Waals surface area contributed by atoms with E-state index in [1.54, 1.807) is 41.8 Å². The molecule has 7 amide bonds. The van der Waals surface area contributed by atoms with E-state index in [9.17, 15) is 33.6 Å². The first-order valence-electron chi connectivity index (χ1n) is 22.8. The van der Waals surface area contributed by atoms with Crippen molar-refractivity contribution in [1.82, 2.24) is 40.9 Å². The van der Waals surface area contributed by atoms with Gasteiger partial charge in [-0.3, -0.25) is 33.6 Å². The first-order chi connectivity index (χ1) is 29.1. The second kappa shape index (κ2) is 25.7. The van der Waals surface area contributed by atoms with Crippen molar-refractivity contribution in [3.63, 3.8) is 0 Å². The minimum atomic E-state index is -1.07. The van der Waals surface area contributed by atoms with Crippen molar-refractivity contribution in [2.24, 2.45) is 41.4 Å². The summed E-state index contributed by atoms with van der Waals surface area (Å²) in [6, 6.07) is 3.52. The van der Waals surface area contributed by atoms with Crippen LogP contribution in [0.3, 0.4) is 0 Å². The Labute approximate surface area is 379 Å². The molecule has 0 fully saturated rings.